The first-order valence-electron chi connectivity index (χ1n) is 6.24. The SMILES string of the molecule is Cc1ccc(S(=O)N[C@H](c2ccccc2)C(F)(F)F)cc1. The third-order valence-electron chi connectivity index (χ3n) is 2.92. The lowest BCUT2D eigenvalue weighted by molar-refractivity contribution is -0.152. The maximum atomic E-state index is 13.1. The van der Waals surface area contributed by atoms with Crippen LogP contribution in [0.25, 0.3) is 0 Å². The van der Waals surface area contributed by atoms with Crippen molar-refractivity contribution in [2.24, 2.45) is 0 Å². The number of benzene rings is 2. The molecule has 0 fully saturated rings. The second kappa shape index (κ2) is 6.41. The highest BCUT2D eigenvalue weighted by atomic mass is 32.2. The van der Waals surface area contributed by atoms with Crippen LogP contribution in [0.4, 0.5) is 13.2 Å². The Balaban J connectivity index is 2.24. The standard InChI is InChI=1S/C15H14F3NOS/c1-11-7-9-13(10-8-11)21(20)19-14(15(16,17)18)12-5-3-2-4-6-12/h2-10,14,19H,1H3/t14-,21?/m1/s1. The predicted molar refractivity (Wildman–Crippen MR) is 76.0 cm³/mol. The zero-order chi connectivity index (χ0) is 15.5. The van der Waals surface area contributed by atoms with Gasteiger partial charge in [0.15, 0.2) is 0 Å². The molecule has 0 bridgehead atoms. The van der Waals surface area contributed by atoms with Crippen LogP contribution in [0, 0.1) is 6.92 Å². The molecule has 0 aliphatic heterocycles. The molecule has 0 radical (unpaired) electrons. The molecule has 2 aromatic rings. The Labute approximate surface area is 123 Å². The highest BCUT2D eigenvalue weighted by Crippen LogP contribution is 2.33. The van der Waals surface area contributed by atoms with Crippen molar-refractivity contribution in [2.45, 2.75) is 24.0 Å². The molecule has 1 unspecified atom stereocenters. The maximum absolute atomic E-state index is 13.1. The minimum absolute atomic E-state index is 0.0328. The zero-order valence-electron chi connectivity index (χ0n) is 11.2. The van der Waals surface area contributed by atoms with Crippen LogP contribution < -0.4 is 4.72 Å². The second-order valence-electron chi connectivity index (χ2n) is 4.58. The van der Waals surface area contributed by atoms with Gasteiger partial charge in [0.25, 0.3) is 0 Å². The van der Waals surface area contributed by atoms with Crippen LogP contribution in [0.3, 0.4) is 0 Å². The van der Waals surface area contributed by atoms with E-state index < -0.39 is 23.2 Å². The van der Waals surface area contributed by atoms with Gasteiger partial charge in [0.1, 0.15) is 17.0 Å². The predicted octanol–water partition coefficient (Wildman–Crippen LogP) is 3.91. The molecule has 2 nitrogen and oxygen atoms in total. The van der Waals surface area contributed by atoms with Crippen molar-refractivity contribution in [1.29, 1.82) is 0 Å². The van der Waals surface area contributed by atoms with Crippen molar-refractivity contribution in [2.75, 3.05) is 0 Å². The maximum Gasteiger partial charge on any atom is 0.408 e. The Hall–Kier alpha value is -1.66. The summed E-state index contributed by atoms with van der Waals surface area (Å²) >= 11 is 0. The minimum atomic E-state index is -4.53. The topological polar surface area (TPSA) is 29.1 Å². The van der Waals surface area contributed by atoms with Gasteiger partial charge in [0.2, 0.25) is 0 Å². The lowest BCUT2D eigenvalue weighted by atomic mass is 10.1. The molecule has 2 rings (SSSR count). The average molecular weight is 313 g/mol. The number of hydrogen-bond donors (Lipinski definition) is 1. The molecular weight excluding hydrogens is 299 g/mol. The number of nitrogens with one attached hydrogen (secondary N) is 1. The summed E-state index contributed by atoms with van der Waals surface area (Å²) in [5.74, 6) is 0. The van der Waals surface area contributed by atoms with Crippen molar-refractivity contribution in [3.05, 3.63) is 65.7 Å². The van der Waals surface area contributed by atoms with E-state index in [0.717, 1.165) is 5.56 Å². The van der Waals surface area contributed by atoms with E-state index in [4.69, 9.17) is 0 Å². The molecule has 0 aliphatic rings. The van der Waals surface area contributed by atoms with Gasteiger partial charge in [-0.3, -0.25) is 0 Å². The summed E-state index contributed by atoms with van der Waals surface area (Å²) in [6.45, 7) is 1.85. The number of alkyl halides is 3. The van der Waals surface area contributed by atoms with Gasteiger partial charge in [-0.15, -0.1) is 0 Å². The van der Waals surface area contributed by atoms with Gasteiger partial charge < -0.3 is 0 Å². The fourth-order valence-corrected chi connectivity index (χ4v) is 2.81. The lowest BCUT2D eigenvalue weighted by Gasteiger charge is -2.21. The van der Waals surface area contributed by atoms with Gasteiger partial charge in [-0.2, -0.15) is 13.2 Å². The Morgan fingerprint density at radius 2 is 1.57 bits per heavy atom. The number of rotatable bonds is 4. The monoisotopic (exact) mass is 313 g/mol. The quantitative estimate of drug-likeness (QED) is 0.911. The first kappa shape index (κ1) is 15.7. The number of hydrogen-bond acceptors (Lipinski definition) is 1. The molecule has 0 spiro atoms. The van der Waals surface area contributed by atoms with E-state index in [9.17, 15) is 17.4 Å². The van der Waals surface area contributed by atoms with Gasteiger partial charge in [-0.25, -0.2) is 8.93 Å². The number of aryl methyl sites for hydroxylation is 1. The summed E-state index contributed by atoms with van der Waals surface area (Å²) in [5.41, 5.74) is 0.983. The van der Waals surface area contributed by atoms with E-state index in [0.29, 0.717) is 4.90 Å². The normalized spacial score (nSPS) is 14.7. The highest BCUT2D eigenvalue weighted by Gasteiger charge is 2.41. The van der Waals surface area contributed by atoms with Crippen molar-refractivity contribution in [3.8, 4) is 0 Å². The first-order chi connectivity index (χ1) is 9.88. The van der Waals surface area contributed by atoms with E-state index in [-0.39, 0.29) is 5.56 Å². The molecule has 2 aromatic carbocycles. The molecule has 0 aromatic heterocycles. The van der Waals surface area contributed by atoms with E-state index >= 15 is 0 Å². The fraction of sp³-hybridized carbons (Fsp3) is 0.200. The molecule has 1 N–H and O–H groups in total. The van der Waals surface area contributed by atoms with Crippen LogP contribution in [0.2, 0.25) is 0 Å². The van der Waals surface area contributed by atoms with Crippen molar-refractivity contribution < 1.29 is 17.4 Å². The van der Waals surface area contributed by atoms with Crippen LogP contribution in [-0.2, 0) is 11.0 Å². The molecule has 0 saturated heterocycles. The summed E-state index contributed by atoms with van der Waals surface area (Å²) < 4.78 is 53.7. The summed E-state index contributed by atoms with van der Waals surface area (Å²) in [5, 5.41) is 0. The summed E-state index contributed by atoms with van der Waals surface area (Å²) in [4.78, 5) is 0.311. The molecule has 112 valence electrons. The summed E-state index contributed by atoms with van der Waals surface area (Å²) in [7, 11) is -1.94. The van der Waals surface area contributed by atoms with Crippen molar-refractivity contribution in [3.63, 3.8) is 0 Å². The number of halogens is 3. The second-order valence-corrected chi connectivity index (χ2v) is 5.83. The summed E-state index contributed by atoms with van der Waals surface area (Å²) in [6, 6.07) is 11.9. The molecule has 0 saturated carbocycles. The smallest absolute Gasteiger partial charge is 0.237 e. The fourth-order valence-electron chi connectivity index (χ4n) is 1.81. The average Bonchev–Trinajstić information content (AvgIpc) is 2.45. The van der Waals surface area contributed by atoms with Gasteiger partial charge in [-0.05, 0) is 24.6 Å². The Morgan fingerprint density at radius 3 is 2.10 bits per heavy atom. The first-order valence-corrected chi connectivity index (χ1v) is 7.39. The van der Waals surface area contributed by atoms with Crippen LogP contribution in [0.15, 0.2) is 59.5 Å². The van der Waals surface area contributed by atoms with Crippen LogP contribution in [0.5, 0.6) is 0 Å². The molecule has 2 atom stereocenters. The highest BCUT2D eigenvalue weighted by molar-refractivity contribution is 7.83. The van der Waals surface area contributed by atoms with E-state index in [2.05, 4.69) is 4.72 Å². The largest absolute Gasteiger partial charge is 0.408 e. The van der Waals surface area contributed by atoms with Crippen LogP contribution in [0.1, 0.15) is 17.2 Å². The third-order valence-corrected chi connectivity index (χ3v) is 4.07. The Bertz CT molecular complexity index is 611. The van der Waals surface area contributed by atoms with E-state index in [1.807, 2.05) is 6.92 Å². The lowest BCUT2D eigenvalue weighted by Crippen LogP contribution is -2.35. The molecule has 21 heavy (non-hydrogen) atoms. The van der Waals surface area contributed by atoms with Crippen LogP contribution >= 0.6 is 0 Å². The van der Waals surface area contributed by atoms with Crippen LogP contribution in [-0.4, -0.2) is 10.4 Å². The Kier molecular flexibility index (Phi) is 4.80. The van der Waals surface area contributed by atoms with Gasteiger partial charge in [-0.1, -0.05) is 48.0 Å². The van der Waals surface area contributed by atoms with E-state index in [1.54, 1.807) is 30.3 Å². The van der Waals surface area contributed by atoms with Gasteiger partial charge >= 0.3 is 6.18 Å². The minimum Gasteiger partial charge on any atom is -0.237 e. The molecule has 0 heterocycles. The van der Waals surface area contributed by atoms with Crippen molar-refractivity contribution >= 4 is 11.0 Å². The van der Waals surface area contributed by atoms with Gasteiger partial charge in [0, 0.05) is 0 Å². The summed E-state index contributed by atoms with van der Waals surface area (Å²) in [6.07, 6.45) is -4.53. The third kappa shape index (κ3) is 4.15. The zero-order valence-corrected chi connectivity index (χ0v) is 12.0. The Morgan fingerprint density at radius 1 is 1.00 bits per heavy atom. The molecule has 6 heteroatoms. The van der Waals surface area contributed by atoms with Gasteiger partial charge in [0.05, 0.1) is 4.90 Å². The van der Waals surface area contributed by atoms with E-state index in [1.165, 1.54) is 24.3 Å². The molecule has 0 amide bonds. The molecular formula is C15H14F3NOS. The van der Waals surface area contributed by atoms with Crippen molar-refractivity contribution in [1.82, 2.24) is 4.72 Å². The molecule has 0 aliphatic carbocycles.